The largest absolute Gasteiger partial charge is 0.337 e. The van der Waals surface area contributed by atoms with Crippen LogP contribution in [0, 0.1) is 0 Å². The highest BCUT2D eigenvalue weighted by Crippen LogP contribution is 2.11. The predicted octanol–water partition coefficient (Wildman–Crippen LogP) is 1.25. The summed E-state index contributed by atoms with van der Waals surface area (Å²) in [5.74, 6) is 0.325. The summed E-state index contributed by atoms with van der Waals surface area (Å²) in [7, 11) is 1.74. The van der Waals surface area contributed by atoms with Gasteiger partial charge in [-0.3, -0.25) is 4.79 Å². The Morgan fingerprint density at radius 2 is 2.08 bits per heavy atom. The molecule has 0 fully saturated rings. The minimum Gasteiger partial charge on any atom is -0.337 e. The second-order valence-electron chi connectivity index (χ2n) is 5.45. The van der Waals surface area contributed by atoms with Crippen molar-refractivity contribution in [3.05, 3.63) is 54.9 Å². The second-order valence-corrected chi connectivity index (χ2v) is 5.45. The van der Waals surface area contributed by atoms with Crippen LogP contribution >= 0.6 is 0 Å². The zero-order chi connectivity index (χ0) is 16.5. The summed E-state index contributed by atoms with van der Waals surface area (Å²) in [6.45, 7) is 1.18. The standard InChI is InChI=1S/C16H15N7O/c1-21(9-10-22-11-18-12-5-2-3-6-13(12)22)15(24)14-19-16-17-7-4-8-23(16)20-14/h2-8,11H,9-10H2,1H3. The Morgan fingerprint density at radius 1 is 1.21 bits per heavy atom. The Balaban J connectivity index is 1.49. The Kier molecular flexibility index (Phi) is 3.42. The second kappa shape index (κ2) is 5.73. The van der Waals surface area contributed by atoms with Gasteiger partial charge in [0.1, 0.15) is 0 Å². The van der Waals surface area contributed by atoms with Gasteiger partial charge in [-0.2, -0.15) is 4.98 Å². The Hall–Kier alpha value is -3.29. The molecule has 0 aliphatic carbocycles. The molecule has 24 heavy (non-hydrogen) atoms. The Labute approximate surface area is 137 Å². The van der Waals surface area contributed by atoms with Crippen LogP contribution in [0.2, 0.25) is 0 Å². The van der Waals surface area contributed by atoms with E-state index in [2.05, 4.69) is 20.1 Å². The maximum Gasteiger partial charge on any atom is 0.293 e. The molecular formula is C16H15N7O. The Bertz CT molecular complexity index is 986. The monoisotopic (exact) mass is 321 g/mol. The van der Waals surface area contributed by atoms with Gasteiger partial charge in [0.05, 0.1) is 17.4 Å². The van der Waals surface area contributed by atoms with Crippen molar-refractivity contribution in [3.8, 4) is 0 Å². The van der Waals surface area contributed by atoms with Gasteiger partial charge in [0.25, 0.3) is 11.7 Å². The van der Waals surface area contributed by atoms with Gasteiger partial charge in [0, 0.05) is 32.5 Å². The summed E-state index contributed by atoms with van der Waals surface area (Å²) in [6, 6.07) is 9.65. The van der Waals surface area contributed by atoms with Crippen LogP contribution in [0.15, 0.2) is 49.1 Å². The van der Waals surface area contributed by atoms with Gasteiger partial charge in [-0.1, -0.05) is 12.1 Å². The summed E-state index contributed by atoms with van der Waals surface area (Å²) >= 11 is 0. The SMILES string of the molecule is CN(CCn1cnc2ccccc21)C(=O)c1nc2ncccn2n1. The normalized spacial score (nSPS) is 11.2. The lowest BCUT2D eigenvalue weighted by atomic mass is 10.3. The average Bonchev–Trinajstić information content (AvgIpc) is 3.23. The van der Waals surface area contributed by atoms with Crippen molar-refractivity contribution in [2.75, 3.05) is 13.6 Å². The maximum absolute atomic E-state index is 12.5. The fourth-order valence-electron chi connectivity index (χ4n) is 2.54. The molecule has 0 spiro atoms. The minimum atomic E-state index is -0.232. The molecule has 0 N–H and O–H groups in total. The zero-order valence-corrected chi connectivity index (χ0v) is 13.1. The number of carbonyl (C=O) groups is 1. The fourth-order valence-corrected chi connectivity index (χ4v) is 2.54. The highest BCUT2D eigenvalue weighted by molar-refractivity contribution is 5.90. The number of amides is 1. The van der Waals surface area contributed by atoms with Crippen LogP contribution in [0.3, 0.4) is 0 Å². The highest BCUT2D eigenvalue weighted by Gasteiger charge is 2.17. The first kappa shape index (κ1) is 14.3. The van der Waals surface area contributed by atoms with Crippen LogP contribution in [0.1, 0.15) is 10.6 Å². The topological polar surface area (TPSA) is 81.2 Å². The smallest absolute Gasteiger partial charge is 0.293 e. The fraction of sp³-hybridized carbons (Fsp3) is 0.188. The van der Waals surface area contributed by atoms with Gasteiger partial charge in [-0.05, 0) is 18.2 Å². The zero-order valence-electron chi connectivity index (χ0n) is 13.1. The number of rotatable bonds is 4. The third kappa shape index (κ3) is 2.47. The van der Waals surface area contributed by atoms with E-state index in [9.17, 15) is 4.79 Å². The van der Waals surface area contributed by atoms with Gasteiger partial charge in [0.15, 0.2) is 0 Å². The van der Waals surface area contributed by atoms with Crippen molar-refractivity contribution in [3.63, 3.8) is 0 Å². The van der Waals surface area contributed by atoms with Crippen molar-refractivity contribution in [1.82, 2.24) is 34.0 Å². The van der Waals surface area contributed by atoms with Crippen LogP contribution in [0.4, 0.5) is 0 Å². The third-order valence-corrected chi connectivity index (χ3v) is 3.86. The summed E-state index contributed by atoms with van der Waals surface area (Å²) in [4.78, 5) is 26.7. The summed E-state index contributed by atoms with van der Waals surface area (Å²) < 4.78 is 3.52. The number of carbonyl (C=O) groups excluding carboxylic acids is 1. The van der Waals surface area contributed by atoms with Gasteiger partial charge in [-0.15, -0.1) is 5.10 Å². The molecule has 0 saturated heterocycles. The van der Waals surface area contributed by atoms with E-state index in [1.54, 1.807) is 36.7 Å². The first-order valence-corrected chi connectivity index (χ1v) is 7.55. The molecule has 120 valence electrons. The average molecular weight is 321 g/mol. The highest BCUT2D eigenvalue weighted by atomic mass is 16.2. The molecule has 0 aliphatic heterocycles. The van der Waals surface area contributed by atoms with E-state index in [0.29, 0.717) is 18.9 Å². The van der Waals surface area contributed by atoms with Crippen molar-refractivity contribution < 1.29 is 4.79 Å². The molecular weight excluding hydrogens is 306 g/mol. The number of likely N-dealkylation sites (N-methyl/N-ethyl adjacent to an activating group) is 1. The molecule has 0 unspecified atom stereocenters. The van der Waals surface area contributed by atoms with Crippen molar-refractivity contribution >= 4 is 22.7 Å². The van der Waals surface area contributed by atoms with Gasteiger partial charge in [0.2, 0.25) is 5.82 Å². The first-order chi connectivity index (χ1) is 11.7. The Morgan fingerprint density at radius 3 is 2.96 bits per heavy atom. The number of imidazole rings is 1. The van der Waals surface area contributed by atoms with Crippen LogP contribution in [0.25, 0.3) is 16.8 Å². The number of nitrogens with zero attached hydrogens (tertiary/aromatic N) is 7. The van der Waals surface area contributed by atoms with Crippen molar-refractivity contribution in [2.45, 2.75) is 6.54 Å². The quantitative estimate of drug-likeness (QED) is 0.565. The molecule has 0 saturated carbocycles. The van der Waals surface area contributed by atoms with Gasteiger partial charge in [-0.25, -0.2) is 14.5 Å². The molecule has 8 heteroatoms. The molecule has 3 aromatic heterocycles. The molecule has 0 aliphatic rings. The summed E-state index contributed by atoms with van der Waals surface area (Å²) in [5.41, 5.74) is 1.99. The predicted molar refractivity (Wildman–Crippen MR) is 87.5 cm³/mol. The maximum atomic E-state index is 12.5. The number of para-hydroxylation sites is 2. The lowest BCUT2D eigenvalue weighted by Crippen LogP contribution is -2.30. The van der Waals surface area contributed by atoms with Crippen LogP contribution < -0.4 is 0 Å². The van der Waals surface area contributed by atoms with Gasteiger partial charge < -0.3 is 9.47 Å². The number of fused-ring (bicyclic) bond motifs is 2. The summed E-state index contributed by atoms with van der Waals surface area (Å²) in [5, 5.41) is 4.16. The summed E-state index contributed by atoms with van der Waals surface area (Å²) in [6.07, 6.45) is 5.12. The molecule has 0 bridgehead atoms. The molecule has 0 radical (unpaired) electrons. The van der Waals surface area contributed by atoms with E-state index in [1.165, 1.54) is 4.52 Å². The molecule has 4 aromatic rings. The molecule has 4 rings (SSSR count). The van der Waals surface area contributed by atoms with Crippen LogP contribution in [-0.2, 0) is 6.54 Å². The van der Waals surface area contributed by atoms with E-state index in [0.717, 1.165) is 11.0 Å². The number of benzene rings is 1. The van der Waals surface area contributed by atoms with E-state index < -0.39 is 0 Å². The molecule has 1 amide bonds. The first-order valence-electron chi connectivity index (χ1n) is 7.55. The molecule has 0 atom stereocenters. The van der Waals surface area contributed by atoms with Crippen molar-refractivity contribution in [1.29, 1.82) is 0 Å². The van der Waals surface area contributed by atoms with E-state index in [1.807, 2.05) is 28.8 Å². The number of aromatic nitrogens is 6. The van der Waals surface area contributed by atoms with Crippen LogP contribution in [0.5, 0.6) is 0 Å². The lowest BCUT2D eigenvalue weighted by Gasteiger charge is -2.15. The van der Waals surface area contributed by atoms with E-state index in [4.69, 9.17) is 0 Å². The van der Waals surface area contributed by atoms with E-state index >= 15 is 0 Å². The van der Waals surface area contributed by atoms with Crippen molar-refractivity contribution in [2.24, 2.45) is 0 Å². The lowest BCUT2D eigenvalue weighted by molar-refractivity contribution is 0.0779. The van der Waals surface area contributed by atoms with E-state index in [-0.39, 0.29) is 11.7 Å². The molecule has 1 aromatic carbocycles. The third-order valence-electron chi connectivity index (χ3n) is 3.86. The number of hydrogen-bond acceptors (Lipinski definition) is 5. The van der Waals surface area contributed by atoms with Crippen LogP contribution in [-0.4, -0.2) is 53.5 Å². The number of hydrogen-bond donors (Lipinski definition) is 0. The minimum absolute atomic E-state index is 0.145. The molecule has 3 heterocycles. The van der Waals surface area contributed by atoms with Gasteiger partial charge >= 0.3 is 0 Å². The molecule has 8 nitrogen and oxygen atoms in total.